The molecule has 2 rings (SSSR count). The molecule has 5 heteroatoms. The van der Waals surface area contributed by atoms with Crippen LogP contribution in [0.3, 0.4) is 0 Å². The van der Waals surface area contributed by atoms with Crippen LogP contribution in [0.4, 0.5) is 0 Å². The zero-order valence-electron chi connectivity index (χ0n) is 8.66. The predicted octanol–water partition coefficient (Wildman–Crippen LogP) is 4.84. The van der Waals surface area contributed by atoms with Crippen LogP contribution >= 0.6 is 43.5 Å². The van der Waals surface area contributed by atoms with E-state index < -0.39 is 0 Å². The van der Waals surface area contributed by atoms with Gasteiger partial charge in [-0.1, -0.05) is 27.5 Å². The van der Waals surface area contributed by atoms with Gasteiger partial charge in [-0.15, -0.1) is 0 Å². The molecule has 0 bridgehead atoms. The molecule has 17 heavy (non-hydrogen) atoms. The molecule has 2 aromatic rings. The summed E-state index contributed by atoms with van der Waals surface area (Å²) in [6.45, 7) is 0.392. The molecule has 0 N–H and O–H groups in total. The Bertz CT molecular complexity index is 516. The van der Waals surface area contributed by atoms with Gasteiger partial charge in [0.05, 0.1) is 10.7 Å². The first-order chi connectivity index (χ1) is 8.15. The van der Waals surface area contributed by atoms with Crippen molar-refractivity contribution < 1.29 is 4.74 Å². The van der Waals surface area contributed by atoms with E-state index in [2.05, 4.69) is 36.8 Å². The fourth-order valence-corrected chi connectivity index (χ4v) is 1.98. The van der Waals surface area contributed by atoms with E-state index in [0.717, 1.165) is 14.6 Å². The quantitative estimate of drug-likeness (QED) is 0.764. The maximum Gasteiger partial charge on any atom is 0.139 e. The molecular weight excluding hydrogens is 369 g/mol. The number of hydrogen-bond acceptors (Lipinski definition) is 2. The second kappa shape index (κ2) is 5.85. The van der Waals surface area contributed by atoms with Gasteiger partial charge in [-0.25, -0.2) is 0 Å². The van der Waals surface area contributed by atoms with Crippen molar-refractivity contribution in [2.45, 2.75) is 6.61 Å². The van der Waals surface area contributed by atoms with Crippen LogP contribution in [0.25, 0.3) is 0 Å². The van der Waals surface area contributed by atoms with Gasteiger partial charge in [0.25, 0.3) is 0 Å². The summed E-state index contributed by atoms with van der Waals surface area (Å²) in [5, 5.41) is 0.588. The average molecular weight is 377 g/mol. The van der Waals surface area contributed by atoms with E-state index in [1.54, 1.807) is 12.3 Å². The largest absolute Gasteiger partial charge is 0.486 e. The number of ether oxygens (including phenoxy) is 1. The molecule has 1 heterocycles. The number of hydrogen-bond donors (Lipinski definition) is 0. The van der Waals surface area contributed by atoms with Gasteiger partial charge in [0.15, 0.2) is 0 Å². The van der Waals surface area contributed by atoms with Crippen molar-refractivity contribution in [2.24, 2.45) is 0 Å². The highest BCUT2D eigenvalue weighted by molar-refractivity contribution is 9.10. The van der Waals surface area contributed by atoms with Crippen molar-refractivity contribution in [3.8, 4) is 5.75 Å². The maximum atomic E-state index is 6.01. The van der Waals surface area contributed by atoms with E-state index in [9.17, 15) is 0 Å². The molecular formula is C12H8Br2ClNO. The lowest BCUT2D eigenvalue weighted by atomic mass is 10.3. The van der Waals surface area contributed by atoms with Crippen molar-refractivity contribution in [2.75, 3.05) is 0 Å². The van der Waals surface area contributed by atoms with Crippen molar-refractivity contribution in [3.05, 3.63) is 56.2 Å². The van der Waals surface area contributed by atoms with E-state index in [-0.39, 0.29) is 0 Å². The van der Waals surface area contributed by atoms with E-state index in [1.807, 2.05) is 24.3 Å². The molecule has 0 aliphatic heterocycles. The van der Waals surface area contributed by atoms with E-state index >= 15 is 0 Å². The van der Waals surface area contributed by atoms with Crippen LogP contribution < -0.4 is 4.74 Å². The first kappa shape index (κ1) is 12.9. The van der Waals surface area contributed by atoms with Crippen LogP contribution in [0.15, 0.2) is 45.5 Å². The molecule has 1 aromatic heterocycles. The Balaban J connectivity index is 2.07. The highest BCUT2D eigenvalue weighted by Crippen LogP contribution is 2.28. The summed E-state index contributed by atoms with van der Waals surface area (Å²) in [7, 11) is 0. The molecule has 88 valence electrons. The topological polar surface area (TPSA) is 22.1 Å². The standard InChI is InChI=1S/C12H8Br2ClNO/c13-8-2-4-11(15)12(5-8)17-7-10-3-1-9(14)6-16-10/h1-6H,7H2. The van der Waals surface area contributed by atoms with Crippen LogP contribution in [-0.2, 0) is 6.61 Å². The monoisotopic (exact) mass is 375 g/mol. The van der Waals surface area contributed by atoms with Crippen LogP contribution in [-0.4, -0.2) is 4.98 Å². The van der Waals surface area contributed by atoms with Gasteiger partial charge in [0.1, 0.15) is 12.4 Å². The van der Waals surface area contributed by atoms with Gasteiger partial charge in [-0.05, 0) is 46.3 Å². The SMILES string of the molecule is Clc1ccc(Br)cc1OCc1ccc(Br)cn1. The summed E-state index contributed by atoms with van der Waals surface area (Å²) in [6.07, 6.45) is 1.74. The third kappa shape index (κ3) is 3.69. The number of pyridine rings is 1. The van der Waals surface area contributed by atoms with E-state index in [4.69, 9.17) is 16.3 Å². The predicted molar refractivity (Wildman–Crippen MR) is 75.4 cm³/mol. The minimum atomic E-state index is 0.392. The summed E-state index contributed by atoms with van der Waals surface area (Å²) in [5.74, 6) is 0.644. The lowest BCUT2D eigenvalue weighted by Gasteiger charge is -2.07. The Morgan fingerprint density at radius 2 is 1.88 bits per heavy atom. The fraction of sp³-hybridized carbons (Fsp3) is 0.0833. The summed E-state index contributed by atoms with van der Waals surface area (Å²) in [5.41, 5.74) is 0.851. The molecule has 1 aromatic carbocycles. The minimum Gasteiger partial charge on any atom is -0.486 e. The average Bonchev–Trinajstić information content (AvgIpc) is 2.32. The normalized spacial score (nSPS) is 10.3. The molecule has 0 radical (unpaired) electrons. The Labute approximate surface area is 121 Å². The highest BCUT2D eigenvalue weighted by Gasteiger charge is 2.03. The third-order valence-corrected chi connectivity index (χ3v) is 3.33. The molecule has 0 amide bonds. The second-order valence-electron chi connectivity index (χ2n) is 3.33. The van der Waals surface area contributed by atoms with Gasteiger partial charge >= 0.3 is 0 Å². The molecule has 0 unspecified atom stereocenters. The lowest BCUT2D eigenvalue weighted by molar-refractivity contribution is 0.301. The van der Waals surface area contributed by atoms with Crippen molar-refractivity contribution in [3.63, 3.8) is 0 Å². The van der Waals surface area contributed by atoms with Crippen molar-refractivity contribution >= 4 is 43.5 Å². The first-order valence-electron chi connectivity index (χ1n) is 4.83. The Hall–Kier alpha value is -0.580. The van der Waals surface area contributed by atoms with Gasteiger partial charge in [0.2, 0.25) is 0 Å². The number of nitrogens with zero attached hydrogens (tertiary/aromatic N) is 1. The Morgan fingerprint density at radius 3 is 2.59 bits per heavy atom. The van der Waals surface area contributed by atoms with Crippen LogP contribution in [0.5, 0.6) is 5.75 Å². The zero-order chi connectivity index (χ0) is 12.3. The van der Waals surface area contributed by atoms with Crippen molar-refractivity contribution in [1.29, 1.82) is 0 Å². The molecule has 0 atom stereocenters. The minimum absolute atomic E-state index is 0.392. The molecule has 2 nitrogen and oxygen atoms in total. The molecule has 0 saturated heterocycles. The van der Waals surface area contributed by atoms with Gasteiger partial charge < -0.3 is 4.74 Å². The fourth-order valence-electron chi connectivity index (χ4n) is 1.23. The summed E-state index contributed by atoms with van der Waals surface area (Å²) < 4.78 is 7.48. The first-order valence-corrected chi connectivity index (χ1v) is 6.80. The molecule has 0 spiro atoms. The van der Waals surface area contributed by atoms with E-state index in [0.29, 0.717) is 17.4 Å². The molecule has 0 aliphatic rings. The van der Waals surface area contributed by atoms with Gasteiger partial charge in [-0.2, -0.15) is 0 Å². The smallest absolute Gasteiger partial charge is 0.139 e. The lowest BCUT2D eigenvalue weighted by Crippen LogP contribution is -1.98. The Morgan fingerprint density at radius 1 is 1.12 bits per heavy atom. The number of benzene rings is 1. The third-order valence-electron chi connectivity index (χ3n) is 2.06. The zero-order valence-corrected chi connectivity index (χ0v) is 12.6. The summed E-state index contributed by atoms with van der Waals surface area (Å²) in [6, 6.07) is 9.31. The summed E-state index contributed by atoms with van der Waals surface area (Å²) >= 11 is 12.7. The number of aromatic nitrogens is 1. The van der Waals surface area contributed by atoms with Crippen LogP contribution in [0, 0.1) is 0 Å². The van der Waals surface area contributed by atoms with Crippen LogP contribution in [0.1, 0.15) is 5.69 Å². The summed E-state index contributed by atoms with van der Waals surface area (Å²) in [4.78, 5) is 4.22. The molecule has 0 aliphatic carbocycles. The molecule has 0 saturated carbocycles. The second-order valence-corrected chi connectivity index (χ2v) is 5.57. The van der Waals surface area contributed by atoms with Crippen molar-refractivity contribution in [1.82, 2.24) is 4.98 Å². The van der Waals surface area contributed by atoms with Gasteiger partial charge in [0, 0.05) is 15.1 Å². The Kier molecular flexibility index (Phi) is 4.42. The molecule has 0 fully saturated rings. The maximum absolute atomic E-state index is 6.01. The number of rotatable bonds is 3. The van der Waals surface area contributed by atoms with Gasteiger partial charge in [-0.3, -0.25) is 4.98 Å². The number of halogens is 3. The van der Waals surface area contributed by atoms with Crippen LogP contribution in [0.2, 0.25) is 5.02 Å². The highest BCUT2D eigenvalue weighted by atomic mass is 79.9. The van der Waals surface area contributed by atoms with E-state index in [1.165, 1.54) is 0 Å².